The summed E-state index contributed by atoms with van der Waals surface area (Å²) in [5, 5.41) is 0.499. The predicted octanol–water partition coefficient (Wildman–Crippen LogP) is 2.65. The minimum atomic E-state index is 0.401. The van der Waals surface area contributed by atoms with Crippen LogP contribution in [0, 0.1) is 0 Å². The maximum Gasteiger partial charge on any atom is 0.138 e. The van der Waals surface area contributed by atoms with Gasteiger partial charge in [-0.15, -0.1) is 0 Å². The number of hydrogen-bond acceptors (Lipinski definition) is 1. The third-order valence-electron chi connectivity index (χ3n) is 1.23. The first kappa shape index (κ1) is 8.21. The highest BCUT2D eigenvalue weighted by atomic mass is 35.5. The normalized spacial score (nSPS) is 9.64. The second kappa shape index (κ2) is 3.49. The average Bonchev–Trinajstić information content (AvgIpc) is 1.95. The van der Waals surface area contributed by atoms with E-state index in [2.05, 4.69) is 0 Å². The van der Waals surface area contributed by atoms with Crippen LogP contribution in [0.2, 0.25) is 5.02 Å². The summed E-state index contributed by atoms with van der Waals surface area (Å²) in [6, 6.07) is 4.91. The van der Waals surface area contributed by atoms with Gasteiger partial charge >= 0.3 is 0 Å². The summed E-state index contributed by atoms with van der Waals surface area (Å²) in [6.07, 6.45) is 0. The van der Waals surface area contributed by atoms with Gasteiger partial charge < -0.3 is 10.5 Å². The molecular formula is C8H9ClNO. The zero-order chi connectivity index (χ0) is 8.27. The Morgan fingerprint density at radius 2 is 2.27 bits per heavy atom. The fraction of sp³-hybridized carbons (Fsp3) is 0.250. The van der Waals surface area contributed by atoms with Crippen LogP contribution < -0.4 is 10.5 Å². The first-order chi connectivity index (χ1) is 5.24. The van der Waals surface area contributed by atoms with E-state index in [1.54, 1.807) is 18.2 Å². The van der Waals surface area contributed by atoms with Crippen LogP contribution in [0.5, 0.6) is 5.75 Å². The maximum absolute atomic E-state index is 7.22. The molecule has 0 saturated carbocycles. The second-order valence-corrected chi connectivity index (χ2v) is 2.49. The van der Waals surface area contributed by atoms with Gasteiger partial charge in [0.15, 0.2) is 0 Å². The van der Waals surface area contributed by atoms with E-state index in [0.29, 0.717) is 23.1 Å². The number of nitrogens with one attached hydrogen (secondary N) is 1. The lowest BCUT2D eigenvalue weighted by Crippen LogP contribution is -1.91. The lowest BCUT2D eigenvalue weighted by atomic mass is 10.3. The smallest absolute Gasteiger partial charge is 0.138 e. The quantitative estimate of drug-likeness (QED) is 0.672. The molecule has 0 atom stereocenters. The van der Waals surface area contributed by atoms with Crippen molar-refractivity contribution in [2.45, 2.75) is 6.92 Å². The summed E-state index contributed by atoms with van der Waals surface area (Å²) in [6.45, 7) is 2.49. The maximum atomic E-state index is 7.22. The summed E-state index contributed by atoms with van der Waals surface area (Å²) in [5.41, 5.74) is 7.63. The van der Waals surface area contributed by atoms with E-state index in [0.717, 1.165) is 0 Å². The minimum Gasteiger partial charge on any atom is -0.492 e. The van der Waals surface area contributed by atoms with Crippen molar-refractivity contribution in [2.24, 2.45) is 0 Å². The van der Waals surface area contributed by atoms with Crippen molar-refractivity contribution >= 4 is 17.3 Å². The van der Waals surface area contributed by atoms with Gasteiger partial charge in [0.2, 0.25) is 0 Å². The molecule has 1 aromatic carbocycles. The Balaban J connectivity index is 2.90. The molecule has 1 rings (SSSR count). The highest BCUT2D eigenvalue weighted by Crippen LogP contribution is 2.26. The molecule has 0 aromatic heterocycles. The molecule has 1 aromatic rings. The standard InChI is InChI=1S/C8H9ClNO/c1-2-11-8-4-3-6(10)5-7(8)9/h3-5,10H,2H2,1H3. The van der Waals surface area contributed by atoms with Crippen molar-refractivity contribution in [3.8, 4) is 5.75 Å². The zero-order valence-corrected chi connectivity index (χ0v) is 6.98. The van der Waals surface area contributed by atoms with E-state index in [1.807, 2.05) is 6.92 Å². The molecule has 0 spiro atoms. The van der Waals surface area contributed by atoms with Gasteiger partial charge in [0, 0.05) is 0 Å². The van der Waals surface area contributed by atoms with Gasteiger partial charge in [0.05, 0.1) is 17.3 Å². The average molecular weight is 171 g/mol. The number of halogens is 1. The third kappa shape index (κ3) is 2.02. The largest absolute Gasteiger partial charge is 0.492 e. The molecule has 0 saturated heterocycles. The Morgan fingerprint density at radius 3 is 2.82 bits per heavy atom. The van der Waals surface area contributed by atoms with Crippen molar-refractivity contribution in [3.63, 3.8) is 0 Å². The first-order valence-corrected chi connectivity index (χ1v) is 3.75. The van der Waals surface area contributed by atoms with E-state index in [4.69, 9.17) is 22.1 Å². The molecule has 0 aliphatic carbocycles. The second-order valence-electron chi connectivity index (χ2n) is 2.08. The summed E-state index contributed by atoms with van der Waals surface area (Å²) in [5.74, 6) is 0.644. The number of hydrogen-bond donors (Lipinski definition) is 0. The van der Waals surface area contributed by atoms with E-state index < -0.39 is 0 Å². The van der Waals surface area contributed by atoms with Crippen LogP contribution in [0.15, 0.2) is 18.2 Å². The van der Waals surface area contributed by atoms with Crippen LogP contribution in [0.25, 0.3) is 0 Å². The fourth-order valence-electron chi connectivity index (χ4n) is 0.773. The molecule has 59 valence electrons. The molecule has 0 aliphatic rings. The molecule has 0 heterocycles. The van der Waals surface area contributed by atoms with Crippen molar-refractivity contribution in [1.82, 2.24) is 5.73 Å². The Morgan fingerprint density at radius 1 is 1.55 bits per heavy atom. The monoisotopic (exact) mass is 170 g/mol. The van der Waals surface area contributed by atoms with Crippen LogP contribution in [0.4, 0.5) is 5.69 Å². The summed E-state index contributed by atoms with van der Waals surface area (Å²) >= 11 is 5.76. The van der Waals surface area contributed by atoms with Gasteiger partial charge in [-0.25, -0.2) is 0 Å². The van der Waals surface area contributed by atoms with Gasteiger partial charge in [0.1, 0.15) is 5.75 Å². The Kier molecular flexibility index (Phi) is 2.60. The Labute approximate surface area is 70.9 Å². The molecule has 1 radical (unpaired) electrons. The molecule has 0 bridgehead atoms. The number of rotatable bonds is 2. The van der Waals surface area contributed by atoms with E-state index >= 15 is 0 Å². The highest BCUT2D eigenvalue weighted by molar-refractivity contribution is 6.32. The van der Waals surface area contributed by atoms with Crippen molar-refractivity contribution < 1.29 is 4.74 Å². The lowest BCUT2D eigenvalue weighted by molar-refractivity contribution is 0.340. The van der Waals surface area contributed by atoms with Crippen molar-refractivity contribution in [1.29, 1.82) is 0 Å². The van der Waals surface area contributed by atoms with Gasteiger partial charge in [0.25, 0.3) is 0 Å². The number of benzene rings is 1. The summed E-state index contributed by atoms with van der Waals surface area (Å²) in [7, 11) is 0. The molecule has 0 unspecified atom stereocenters. The molecule has 2 nitrogen and oxygen atoms in total. The van der Waals surface area contributed by atoms with Crippen LogP contribution in [-0.2, 0) is 0 Å². The van der Waals surface area contributed by atoms with Gasteiger partial charge in [-0.2, -0.15) is 0 Å². The molecular weight excluding hydrogens is 162 g/mol. The summed E-state index contributed by atoms with van der Waals surface area (Å²) < 4.78 is 5.18. The molecule has 3 heteroatoms. The summed E-state index contributed by atoms with van der Waals surface area (Å²) in [4.78, 5) is 0. The number of ether oxygens (including phenoxy) is 1. The Hall–Kier alpha value is -0.890. The third-order valence-corrected chi connectivity index (χ3v) is 1.53. The Bertz CT molecular complexity index is 250. The van der Waals surface area contributed by atoms with E-state index in [-0.39, 0.29) is 0 Å². The van der Waals surface area contributed by atoms with Crippen LogP contribution in [0.1, 0.15) is 6.92 Å². The SMILES string of the molecule is CCOc1ccc([NH])cc1Cl. The lowest BCUT2D eigenvalue weighted by Gasteiger charge is -2.04. The van der Waals surface area contributed by atoms with Crippen LogP contribution in [-0.4, -0.2) is 6.61 Å². The zero-order valence-electron chi connectivity index (χ0n) is 6.23. The molecule has 11 heavy (non-hydrogen) atoms. The van der Waals surface area contributed by atoms with E-state index in [9.17, 15) is 0 Å². The minimum absolute atomic E-state index is 0.401. The van der Waals surface area contributed by atoms with Crippen molar-refractivity contribution in [2.75, 3.05) is 6.61 Å². The molecule has 0 amide bonds. The fourth-order valence-corrected chi connectivity index (χ4v) is 1.01. The van der Waals surface area contributed by atoms with Crippen molar-refractivity contribution in [3.05, 3.63) is 23.2 Å². The van der Waals surface area contributed by atoms with Gasteiger partial charge in [-0.1, -0.05) is 11.6 Å². The topological polar surface area (TPSA) is 33.0 Å². The predicted molar refractivity (Wildman–Crippen MR) is 45.4 cm³/mol. The molecule has 0 fully saturated rings. The van der Waals surface area contributed by atoms with E-state index in [1.165, 1.54) is 0 Å². The first-order valence-electron chi connectivity index (χ1n) is 3.38. The molecule has 1 N–H and O–H groups in total. The van der Waals surface area contributed by atoms with Crippen LogP contribution >= 0.6 is 11.6 Å². The molecule has 0 aliphatic heterocycles. The highest BCUT2D eigenvalue weighted by Gasteiger charge is 1.99. The van der Waals surface area contributed by atoms with Gasteiger partial charge in [-0.05, 0) is 25.1 Å². The van der Waals surface area contributed by atoms with Crippen LogP contribution in [0.3, 0.4) is 0 Å². The van der Waals surface area contributed by atoms with Gasteiger partial charge in [-0.3, -0.25) is 0 Å².